The number of aryl methyl sites for hydroxylation is 1. The molecular formula is C32H39NO3. The summed E-state index contributed by atoms with van der Waals surface area (Å²) in [6.07, 6.45) is 3.40. The molecule has 1 aliphatic carbocycles. The maximum Gasteiger partial charge on any atom is 0.231 e. The fraction of sp³-hybridized carbons (Fsp3) is 0.406. The van der Waals surface area contributed by atoms with Crippen molar-refractivity contribution in [1.82, 2.24) is 5.32 Å². The van der Waals surface area contributed by atoms with E-state index in [0.717, 1.165) is 55.0 Å². The van der Waals surface area contributed by atoms with E-state index in [1.165, 1.54) is 22.3 Å². The van der Waals surface area contributed by atoms with Gasteiger partial charge in [0.05, 0.1) is 5.41 Å². The lowest BCUT2D eigenvalue weighted by Gasteiger charge is -2.18. The number of benzene rings is 3. The fourth-order valence-electron chi connectivity index (χ4n) is 4.99. The largest absolute Gasteiger partial charge is 0.454 e. The summed E-state index contributed by atoms with van der Waals surface area (Å²) in [6, 6.07) is 21.2. The molecular weight excluding hydrogens is 446 g/mol. The van der Waals surface area contributed by atoms with Gasteiger partial charge in [0.1, 0.15) is 5.78 Å². The van der Waals surface area contributed by atoms with Crippen LogP contribution in [-0.4, -0.2) is 19.1 Å². The summed E-state index contributed by atoms with van der Waals surface area (Å²) in [5.41, 5.74) is 6.99. The van der Waals surface area contributed by atoms with Crippen molar-refractivity contribution >= 4 is 5.78 Å². The number of ether oxygens (including phenoxy) is 2. The number of rotatable bonds is 9. The molecule has 1 aliphatic heterocycles. The Morgan fingerprint density at radius 3 is 2.39 bits per heavy atom. The minimum absolute atomic E-state index is 0. The van der Waals surface area contributed by atoms with E-state index < -0.39 is 0 Å². The van der Waals surface area contributed by atoms with E-state index in [-0.39, 0.29) is 19.4 Å². The average Bonchev–Trinajstić information content (AvgIpc) is 3.54. The van der Waals surface area contributed by atoms with E-state index in [1.807, 2.05) is 18.2 Å². The van der Waals surface area contributed by atoms with Crippen LogP contribution in [0.5, 0.6) is 11.5 Å². The van der Waals surface area contributed by atoms with Crippen molar-refractivity contribution in [2.45, 2.75) is 65.3 Å². The van der Waals surface area contributed by atoms with Gasteiger partial charge in [-0.15, -0.1) is 0 Å². The first-order chi connectivity index (χ1) is 17.2. The van der Waals surface area contributed by atoms with Crippen molar-refractivity contribution in [3.05, 3.63) is 82.9 Å². The van der Waals surface area contributed by atoms with E-state index >= 15 is 0 Å². The Balaban J connectivity index is 0.00000320. The van der Waals surface area contributed by atoms with Gasteiger partial charge in [0.2, 0.25) is 6.79 Å². The summed E-state index contributed by atoms with van der Waals surface area (Å²) in [5.74, 6) is 1.79. The molecule has 0 unspecified atom stereocenters. The third-order valence-electron chi connectivity index (χ3n) is 7.52. The standard InChI is InChI=1S/C32H37NO3.H2/c1-22-5-6-24(17-27(22)25-9-7-23(8-10-25)20-33-16-15-31(2,3)4)18-30(34)32(13-14-32)26-11-12-28-29(19-26)36-21-35-28;/h5-12,17,19,33H,13-16,18,20-21H2,1-4H3;1H. The Hall–Kier alpha value is -3.11. The third kappa shape index (κ3) is 5.34. The predicted octanol–water partition coefficient (Wildman–Crippen LogP) is 7.01. The van der Waals surface area contributed by atoms with Crippen molar-refractivity contribution in [3.8, 4) is 22.6 Å². The molecule has 3 aromatic carbocycles. The summed E-state index contributed by atoms with van der Waals surface area (Å²) in [4.78, 5) is 13.5. The van der Waals surface area contributed by atoms with Crippen LogP contribution in [0.1, 0.15) is 63.7 Å². The number of hydrogen-bond acceptors (Lipinski definition) is 4. The van der Waals surface area contributed by atoms with Crippen molar-refractivity contribution < 1.29 is 15.7 Å². The maximum absolute atomic E-state index is 13.5. The van der Waals surface area contributed by atoms with Gasteiger partial charge < -0.3 is 14.8 Å². The molecule has 0 bridgehead atoms. The molecule has 5 rings (SSSR count). The number of ketones is 1. The first-order valence-corrected chi connectivity index (χ1v) is 13.1. The first-order valence-electron chi connectivity index (χ1n) is 13.1. The molecule has 0 atom stereocenters. The Morgan fingerprint density at radius 1 is 0.944 bits per heavy atom. The minimum Gasteiger partial charge on any atom is -0.454 e. The van der Waals surface area contributed by atoms with Crippen LogP contribution in [-0.2, 0) is 23.2 Å². The lowest BCUT2D eigenvalue weighted by Crippen LogP contribution is -2.22. The topological polar surface area (TPSA) is 47.6 Å². The molecule has 1 heterocycles. The van der Waals surface area contributed by atoms with E-state index in [9.17, 15) is 4.79 Å². The minimum atomic E-state index is -0.381. The number of hydrogen-bond donors (Lipinski definition) is 1. The van der Waals surface area contributed by atoms with Gasteiger partial charge in [0, 0.05) is 14.4 Å². The molecule has 36 heavy (non-hydrogen) atoms. The highest BCUT2D eigenvalue weighted by Crippen LogP contribution is 2.51. The van der Waals surface area contributed by atoms with Gasteiger partial charge in [-0.3, -0.25) is 4.79 Å². The molecule has 0 spiro atoms. The van der Waals surface area contributed by atoms with Crippen LogP contribution in [0.15, 0.2) is 60.7 Å². The molecule has 4 nitrogen and oxygen atoms in total. The number of Topliss-reactive ketones (excluding diaryl/α,β-unsaturated/α-hetero) is 1. The van der Waals surface area contributed by atoms with Gasteiger partial charge in [-0.2, -0.15) is 0 Å². The van der Waals surface area contributed by atoms with Crippen LogP contribution in [0.3, 0.4) is 0 Å². The van der Waals surface area contributed by atoms with Crippen LogP contribution >= 0.6 is 0 Å². The molecule has 1 N–H and O–H groups in total. The number of carbonyl (C=O) groups is 1. The molecule has 0 radical (unpaired) electrons. The summed E-state index contributed by atoms with van der Waals surface area (Å²) < 4.78 is 11.0. The zero-order valence-electron chi connectivity index (χ0n) is 21.9. The van der Waals surface area contributed by atoms with Crippen LogP contribution in [0, 0.1) is 12.3 Å². The zero-order chi connectivity index (χ0) is 25.3. The smallest absolute Gasteiger partial charge is 0.231 e. The molecule has 0 saturated heterocycles. The van der Waals surface area contributed by atoms with Crippen LogP contribution in [0.25, 0.3) is 11.1 Å². The van der Waals surface area contributed by atoms with Gasteiger partial charge in [-0.25, -0.2) is 0 Å². The van der Waals surface area contributed by atoms with E-state index in [1.54, 1.807) is 0 Å². The zero-order valence-corrected chi connectivity index (χ0v) is 21.9. The Labute approximate surface area is 216 Å². The molecule has 2 aliphatic rings. The second-order valence-electron chi connectivity index (χ2n) is 11.6. The number of carbonyl (C=O) groups excluding carboxylic acids is 1. The van der Waals surface area contributed by atoms with Crippen molar-refractivity contribution in [3.63, 3.8) is 0 Å². The molecule has 4 heteroatoms. The van der Waals surface area contributed by atoms with Gasteiger partial charge in [0.25, 0.3) is 0 Å². The van der Waals surface area contributed by atoms with Gasteiger partial charge in [-0.05, 0) is 83.7 Å². The van der Waals surface area contributed by atoms with E-state index in [0.29, 0.717) is 11.8 Å². The molecule has 3 aromatic rings. The summed E-state index contributed by atoms with van der Waals surface area (Å²) >= 11 is 0. The maximum atomic E-state index is 13.5. The highest BCUT2D eigenvalue weighted by molar-refractivity contribution is 5.95. The van der Waals surface area contributed by atoms with Crippen molar-refractivity contribution in [2.24, 2.45) is 5.41 Å². The van der Waals surface area contributed by atoms with Crippen LogP contribution in [0.2, 0.25) is 0 Å². The first kappa shape index (κ1) is 24.6. The monoisotopic (exact) mass is 485 g/mol. The summed E-state index contributed by atoms with van der Waals surface area (Å²) in [6.45, 7) is 11.1. The fourth-order valence-corrected chi connectivity index (χ4v) is 4.99. The predicted molar refractivity (Wildman–Crippen MR) is 147 cm³/mol. The summed E-state index contributed by atoms with van der Waals surface area (Å²) in [7, 11) is 0. The van der Waals surface area contributed by atoms with Crippen molar-refractivity contribution in [1.29, 1.82) is 0 Å². The highest BCUT2D eigenvalue weighted by atomic mass is 16.7. The number of nitrogens with one attached hydrogen (secondary N) is 1. The normalized spacial score (nSPS) is 15.7. The third-order valence-corrected chi connectivity index (χ3v) is 7.52. The van der Waals surface area contributed by atoms with Gasteiger partial charge in [0.15, 0.2) is 11.5 Å². The molecule has 190 valence electrons. The Morgan fingerprint density at radius 2 is 1.67 bits per heavy atom. The summed E-state index contributed by atoms with van der Waals surface area (Å²) in [5, 5.41) is 3.55. The molecule has 1 fully saturated rings. The SMILES string of the molecule is Cc1ccc(CC(=O)C2(c3ccc4c(c3)OCO4)CC2)cc1-c1ccc(CNCCC(C)(C)C)cc1.[HH]. The Bertz CT molecular complexity index is 1260. The lowest BCUT2D eigenvalue weighted by atomic mass is 9.87. The van der Waals surface area contributed by atoms with E-state index in [2.05, 4.69) is 75.5 Å². The quantitative estimate of drug-likeness (QED) is 0.331. The number of fused-ring (bicyclic) bond motifs is 1. The highest BCUT2D eigenvalue weighted by Gasteiger charge is 2.50. The van der Waals surface area contributed by atoms with Gasteiger partial charge >= 0.3 is 0 Å². The molecule has 0 aromatic heterocycles. The average molecular weight is 486 g/mol. The lowest BCUT2D eigenvalue weighted by molar-refractivity contribution is -0.120. The van der Waals surface area contributed by atoms with E-state index in [4.69, 9.17) is 9.47 Å². The molecule has 1 saturated carbocycles. The van der Waals surface area contributed by atoms with Crippen LogP contribution in [0.4, 0.5) is 0 Å². The van der Waals surface area contributed by atoms with Crippen LogP contribution < -0.4 is 14.8 Å². The molecule has 0 amide bonds. The van der Waals surface area contributed by atoms with Crippen molar-refractivity contribution in [2.75, 3.05) is 13.3 Å². The van der Waals surface area contributed by atoms with Gasteiger partial charge in [-0.1, -0.05) is 69.3 Å². The Kier molecular flexibility index (Phi) is 6.65. The second-order valence-corrected chi connectivity index (χ2v) is 11.6. The second kappa shape index (κ2) is 9.74.